The van der Waals surface area contributed by atoms with Crippen molar-refractivity contribution in [3.63, 3.8) is 0 Å². The Morgan fingerprint density at radius 2 is 1.61 bits per heavy atom. The van der Waals surface area contributed by atoms with Crippen LogP contribution >= 0.6 is 0 Å². The number of esters is 1. The molecule has 0 bridgehead atoms. The Balaban J connectivity index is 1.90. The Hall–Kier alpha value is -2.51. The van der Waals surface area contributed by atoms with Crippen LogP contribution in [-0.2, 0) is 26.0 Å². The quantitative estimate of drug-likeness (QED) is 0.475. The second-order valence-electron chi connectivity index (χ2n) is 6.60. The maximum absolute atomic E-state index is 12.5. The Labute approximate surface area is 166 Å². The molecular weight excluding hydrogens is 378 g/mol. The van der Waals surface area contributed by atoms with Crippen molar-refractivity contribution in [1.29, 1.82) is 0 Å². The van der Waals surface area contributed by atoms with Crippen LogP contribution in [0.3, 0.4) is 0 Å². The first kappa shape index (κ1) is 21.8. The Bertz CT molecular complexity index is 918. The lowest BCUT2D eigenvalue weighted by Crippen LogP contribution is -2.33. The van der Waals surface area contributed by atoms with Crippen molar-refractivity contribution in [2.75, 3.05) is 20.2 Å². The first-order valence-electron chi connectivity index (χ1n) is 9.05. The first-order valence-corrected chi connectivity index (χ1v) is 10.5. The van der Waals surface area contributed by atoms with Crippen LogP contribution < -0.4 is 0 Å². The van der Waals surface area contributed by atoms with Gasteiger partial charge in [-0.2, -0.15) is 4.31 Å². The molecule has 0 aliphatic heterocycles. The highest BCUT2D eigenvalue weighted by Gasteiger charge is 2.23. The fourth-order valence-corrected chi connectivity index (χ4v) is 3.69. The van der Waals surface area contributed by atoms with Crippen LogP contribution in [0.4, 0.5) is 0 Å². The van der Waals surface area contributed by atoms with Crippen LogP contribution in [0.1, 0.15) is 34.8 Å². The predicted molar refractivity (Wildman–Crippen MR) is 107 cm³/mol. The molecule has 0 aromatic heterocycles. The third-order valence-electron chi connectivity index (χ3n) is 4.26. The lowest BCUT2D eigenvalue weighted by Gasteiger charge is -2.16. The van der Waals surface area contributed by atoms with Gasteiger partial charge in [0.15, 0.2) is 12.4 Å². The van der Waals surface area contributed by atoms with Gasteiger partial charge in [0, 0.05) is 12.6 Å². The van der Waals surface area contributed by atoms with Gasteiger partial charge in [-0.05, 0) is 31.0 Å². The van der Waals surface area contributed by atoms with Crippen molar-refractivity contribution < 1.29 is 22.7 Å². The SMILES string of the molecule is CCCc1ccc(C(=O)COC(=O)CN(C)S(=O)(=O)c2ccc(C)cc2)cc1. The molecule has 0 spiro atoms. The normalized spacial score (nSPS) is 11.4. The smallest absolute Gasteiger partial charge is 0.321 e. The van der Waals surface area contributed by atoms with Gasteiger partial charge in [0.2, 0.25) is 10.0 Å². The fraction of sp³-hybridized carbons (Fsp3) is 0.333. The van der Waals surface area contributed by atoms with Crippen LogP contribution in [0.15, 0.2) is 53.4 Å². The lowest BCUT2D eigenvalue weighted by atomic mass is 10.1. The Kier molecular flexibility index (Phi) is 7.48. The predicted octanol–water partition coefficient (Wildman–Crippen LogP) is 2.99. The third kappa shape index (κ3) is 5.74. The minimum absolute atomic E-state index is 0.0941. The molecule has 2 rings (SSSR count). The van der Waals surface area contributed by atoms with Gasteiger partial charge in [-0.25, -0.2) is 8.42 Å². The van der Waals surface area contributed by atoms with Gasteiger partial charge >= 0.3 is 5.97 Å². The van der Waals surface area contributed by atoms with Gasteiger partial charge in [-0.15, -0.1) is 0 Å². The number of ketones is 1. The number of aryl methyl sites for hydroxylation is 2. The van der Waals surface area contributed by atoms with E-state index in [1.165, 1.54) is 19.2 Å². The van der Waals surface area contributed by atoms with E-state index in [1.54, 1.807) is 24.3 Å². The molecular formula is C21H25NO5S. The zero-order valence-corrected chi connectivity index (χ0v) is 17.2. The third-order valence-corrected chi connectivity index (χ3v) is 6.08. The summed E-state index contributed by atoms with van der Waals surface area (Å²) >= 11 is 0. The van der Waals surface area contributed by atoms with E-state index in [2.05, 4.69) is 6.92 Å². The zero-order valence-electron chi connectivity index (χ0n) is 16.3. The highest BCUT2D eigenvalue weighted by molar-refractivity contribution is 7.89. The molecule has 0 radical (unpaired) electrons. The molecule has 0 atom stereocenters. The zero-order chi connectivity index (χ0) is 20.7. The maximum Gasteiger partial charge on any atom is 0.321 e. The molecule has 0 fully saturated rings. The number of nitrogens with zero attached hydrogens (tertiary/aromatic N) is 1. The van der Waals surface area contributed by atoms with Gasteiger partial charge in [0.05, 0.1) is 4.90 Å². The van der Waals surface area contributed by atoms with E-state index < -0.39 is 29.1 Å². The average molecular weight is 404 g/mol. The van der Waals surface area contributed by atoms with Gasteiger partial charge in [0.25, 0.3) is 0 Å². The number of hydrogen-bond acceptors (Lipinski definition) is 5. The van der Waals surface area contributed by atoms with Crippen LogP contribution in [0.2, 0.25) is 0 Å². The summed E-state index contributed by atoms with van der Waals surface area (Å²) in [5.41, 5.74) is 2.52. The summed E-state index contributed by atoms with van der Waals surface area (Å²) < 4.78 is 30.8. The molecule has 7 heteroatoms. The maximum atomic E-state index is 12.5. The van der Waals surface area contributed by atoms with E-state index in [1.807, 2.05) is 19.1 Å². The number of carbonyl (C=O) groups is 2. The summed E-state index contributed by atoms with van der Waals surface area (Å²) in [6, 6.07) is 13.5. The molecule has 2 aromatic rings. The van der Waals surface area contributed by atoms with Crippen LogP contribution in [0.5, 0.6) is 0 Å². The van der Waals surface area contributed by atoms with Crippen LogP contribution in [0, 0.1) is 6.92 Å². The van der Waals surface area contributed by atoms with E-state index in [0.717, 1.165) is 28.3 Å². The number of rotatable bonds is 9. The Morgan fingerprint density at radius 1 is 1.00 bits per heavy atom. The van der Waals surface area contributed by atoms with E-state index >= 15 is 0 Å². The van der Waals surface area contributed by atoms with Crippen LogP contribution in [-0.4, -0.2) is 44.7 Å². The average Bonchev–Trinajstić information content (AvgIpc) is 2.67. The summed E-state index contributed by atoms with van der Waals surface area (Å²) in [4.78, 5) is 24.2. The molecule has 0 unspecified atom stereocenters. The number of Topliss-reactive ketones (excluding diaryl/α,β-unsaturated/α-hetero) is 1. The largest absolute Gasteiger partial charge is 0.456 e. The van der Waals surface area contributed by atoms with Crippen molar-refractivity contribution in [3.8, 4) is 0 Å². The monoisotopic (exact) mass is 403 g/mol. The van der Waals surface area contributed by atoms with E-state index in [0.29, 0.717) is 5.56 Å². The number of carbonyl (C=O) groups excluding carboxylic acids is 2. The molecule has 0 saturated carbocycles. The van der Waals surface area contributed by atoms with Crippen molar-refractivity contribution in [2.24, 2.45) is 0 Å². The molecule has 0 saturated heterocycles. The standard InChI is InChI=1S/C21H25NO5S/c1-4-5-17-8-10-18(11-9-17)20(23)15-27-21(24)14-22(3)28(25,26)19-12-6-16(2)7-13-19/h6-13H,4-5,14-15H2,1-3H3. The number of benzene rings is 2. The fourth-order valence-electron chi connectivity index (χ4n) is 2.58. The highest BCUT2D eigenvalue weighted by Crippen LogP contribution is 2.15. The van der Waals surface area contributed by atoms with E-state index in [-0.39, 0.29) is 10.7 Å². The van der Waals surface area contributed by atoms with Crippen molar-refractivity contribution >= 4 is 21.8 Å². The molecule has 0 N–H and O–H groups in total. The second kappa shape index (κ2) is 9.61. The van der Waals surface area contributed by atoms with Gasteiger partial charge in [-0.1, -0.05) is 55.3 Å². The topological polar surface area (TPSA) is 80.8 Å². The van der Waals surface area contributed by atoms with Crippen LogP contribution in [0.25, 0.3) is 0 Å². The molecule has 0 heterocycles. The molecule has 6 nitrogen and oxygen atoms in total. The number of ether oxygens (including phenoxy) is 1. The molecule has 28 heavy (non-hydrogen) atoms. The molecule has 0 aliphatic carbocycles. The number of sulfonamides is 1. The van der Waals surface area contributed by atoms with E-state index in [4.69, 9.17) is 4.74 Å². The van der Waals surface area contributed by atoms with Gasteiger partial charge in [-0.3, -0.25) is 9.59 Å². The number of likely N-dealkylation sites (N-methyl/N-ethyl adjacent to an activating group) is 1. The summed E-state index contributed by atoms with van der Waals surface area (Å²) in [6.07, 6.45) is 1.95. The Morgan fingerprint density at radius 3 is 2.18 bits per heavy atom. The summed E-state index contributed by atoms with van der Waals surface area (Å²) in [6.45, 7) is 3.03. The minimum atomic E-state index is -3.80. The van der Waals surface area contributed by atoms with Crippen molar-refractivity contribution in [1.82, 2.24) is 4.31 Å². The van der Waals surface area contributed by atoms with E-state index in [9.17, 15) is 18.0 Å². The molecule has 2 aromatic carbocycles. The highest BCUT2D eigenvalue weighted by atomic mass is 32.2. The van der Waals surface area contributed by atoms with Crippen molar-refractivity contribution in [3.05, 3.63) is 65.2 Å². The summed E-state index contributed by atoms with van der Waals surface area (Å²) in [7, 11) is -2.51. The second-order valence-corrected chi connectivity index (χ2v) is 8.65. The molecule has 150 valence electrons. The summed E-state index contributed by atoms with van der Waals surface area (Å²) in [5.74, 6) is -1.12. The number of hydrogen-bond donors (Lipinski definition) is 0. The molecule has 0 aliphatic rings. The van der Waals surface area contributed by atoms with Crippen molar-refractivity contribution in [2.45, 2.75) is 31.6 Å². The molecule has 0 amide bonds. The van der Waals surface area contributed by atoms with Gasteiger partial charge < -0.3 is 4.74 Å². The lowest BCUT2D eigenvalue weighted by molar-refractivity contribution is -0.142. The summed E-state index contributed by atoms with van der Waals surface area (Å²) in [5, 5.41) is 0. The minimum Gasteiger partial charge on any atom is -0.456 e. The first-order chi connectivity index (χ1) is 13.2. The van der Waals surface area contributed by atoms with Gasteiger partial charge in [0.1, 0.15) is 6.54 Å².